The molecule has 0 bridgehead atoms. The normalized spacial score (nSPS) is 18.4. The molecule has 24 heavy (non-hydrogen) atoms. The predicted octanol–water partition coefficient (Wildman–Crippen LogP) is 2.88. The lowest BCUT2D eigenvalue weighted by atomic mass is 9.73. The van der Waals surface area contributed by atoms with Crippen LogP contribution in [0.5, 0.6) is 0 Å². The molecular weight excluding hydrogens is 300 g/mol. The van der Waals surface area contributed by atoms with Crippen molar-refractivity contribution in [3.05, 3.63) is 35.4 Å². The van der Waals surface area contributed by atoms with Crippen molar-refractivity contribution in [2.45, 2.75) is 51.5 Å². The Morgan fingerprint density at radius 1 is 1.25 bits per heavy atom. The summed E-state index contributed by atoms with van der Waals surface area (Å²) < 4.78 is 5.54. The van der Waals surface area contributed by atoms with Crippen LogP contribution < -0.4 is 5.73 Å². The highest BCUT2D eigenvalue weighted by molar-refractivity contribution is 5.88. The molecule has 1 unspecified atom stereocenters. The Morgan fingerprint density at radius 3 is 2.38 bits per heavy atom. The van der Waals surface area contributed by atoms with Crippen molar-refractivity contribution in [2.24, 2.45) is 11.7 Å². The fraction of sp³-hybridized carbons (Fsp3) is 0.650. The Kier molecular flexibility index (Phi) is 6.41. The summed E-state index contributed by atoms with van der Waals surface area (Å²) in [7, 11) is 1.90. The van der Waals surface area contributed by atoms with Gasteiger partial charge in [0.1, 0.15) is 0 Å². The quantitative estimate of drug-likeness (QED) is 0.871. The van der Waals surface area contributed by atoms with E-state index in [9.17, 15) is 4.79 Å². The van der Waals surface area contributed by atoms with E-state index in [4.69, 9.17) is 10.5 Å². The molecule has 134 valence electrons. The minimum atomic E-state index is -0.456. The zero-order valence-corrected chi connectivity index (χ0v) is 15.5. The lowest BCUT2D eigenvalue weighted by Gasteiger charge is -2.39. The Labute approximate surface area is 146 Å². The molecule has 0 aliphatic carbocycles. The number of carbonyl (C=O) groups is 1. The molecule has 1 aliphatic rings. The number of likely N-dealkylation sites (N-methyl/N-ethyl adjacent to an activating group) is 1. The SMILES string of the molecule is Cc1ccc(C2(C(=O)N(C)CCC(N)C(C)C)CCOCC2)cc1. The molecule has 1 saturated heterocycles. The zero-order valence-electron chi connectivity index (χ0n) is 15.5. The van der Waals surface area contributed by atoms with Gasteiger partial charge < -0.3 is 15.4 Å². The van der Waals surface area contributed by atoms with Crippen LogP contribution in [-0.2, 0) is 14.9 Å². The van der Waals surface area contributed by atoms with Crippen LogP contribution in [0.2, 0.25) is 0 Å². The number of amides is 1. The third-order valence-electron chi connectivity index (χ3n) is 5.36. The van der Waals surface area contributed by atoms with Gasteiger partial charge in [0, 0.05) is 32.8 Å². The molecule has 4 nitrogen and oxygen atoms in total. The summed E-state index contributed by atoms with van der Waals surface area (Å²) in [6.45, 7) is 8.30. The highest BCUT2D eigenvalue weighted by Gasteiger charge is 2.43. The molecule has 1 aromatic carbocycles. The van der Waals surface area contributed by atoms with E-state index in [0.29, 0.717) is 25.7 Å². The number of hydrogen-bond donors (Lipinski definition) is 1. The summed E-state index contributed by atoms with van der Waals surface area (Å²) in [5, 5.41) is 0. The molecule has 1 aromatic rings. The van der Waals surface area contributed by atoms with Gasteiger partial charge in [-0.1, -0.05) is 43.7 Å². The summed E-state index contributed by atoms with van der Waals surface area (Å²) in [6.07, 6.45) is 2.32. The van der Waals surface area contributed by atoms with E-state index in [2.05, 4.69) is 45.0 Å². The van der Waals surface area contributed by atoms with Crippen LogP contribution in [0.25, 0.3) is 0 Å². The lowest BCUT2D eigenvalue weighted by molar-refractivity contribution is -0.140. The molecule has 0 saturated carbocycles. The molecule has 0 aromatic heterocycles. The summed E-state index contributed by atoms with van der Waals surface area (Å²) in [4.78, 5) is 15.2. The first-order valence-electron chi connectivity index (χ1n) is 9.03. The number of benzene rings is 1. The van der Waals surface area contributed by atoms with E-state index in [1.165, 1.54) is 5.56 Å². The monoisotopic (exact) mass is 332 g/mol. The van der Waals surface area contributed by atoms with Crippen molar-refractivity contribution in [3.8, 4) is 0 Å². The summed E-state index contributed by atoms with van der Waals surface area (Å²) in [5.74, 6) is 0.633. The first-order valence-corrected chi connectivity index (χ1v) is 9.03. The van der Waals surface area contributed by atoms with Crippen molar-refractivity contribution in [1.82, 2.24) is 4.90 Å². The van der Waals surface area contributed by atoms with E-state index < -0.39 is 5.41 Å². The smallest absolute Gasteiger partial charge is 0.233 e. The largest absolute Gasteiger partial charge is 0.381 e. The number of aryl methyl sites for hydroxylation is 1. The zero-order chi connectivity index (χ0) is 17.7. The van der Waals surface area contributed by atoms with Gasteiger partial charge in [0.05, 0.1) is 5.41 Å². The van der Waals surface area contributed by atoms with Crippen LogP contribution in [0.4, 0.5) is 0 Å². The second-order valence-electron chi connectivity index (χ2n) is 7.48. The van der Waals surface area contributed by atoms with Crippen molar-refractivity contribution in [2.75, 3.05) is 26.8 Å². The van der Waals surface area contributed by atoms with E-state index in [1.54, 1.807) is 0 Å². The number of ether oxygens (including phenoxy) is 1. The molecule has 1 atom stereocenters. The van der Waals surface area contributed by atoms with Gasteiger partial charge in [-0.2, -0.15) is 0 Å². The third-order valence-corrected chi connectivity index (χ3v) is 5.36. The van der Waals surface area contributed by atoms with Gasteiger partial charge in [-0.25, -0.2) is 0 Å². The van der Waals surface area contributed by atoms with E-state index in [-0.39, 0.29) is 11.9 Å². The van der Waals surface area contributed by atoms with Crippen LogP contribution in [-0.4, -0.2) is 43.7 Å². The third kappa shape index (κ3) is 4.17. The minimum absolute atomic E-state index is 0.130. The van der Waals surface area contributed by atoms with Crippen molar-refractivity contribution in [3.63, 3.8) is 0 Å². The van der Waals surface area contributed by atoms with Gasteiger partial charge in [0.2, 0.25) is 5.91 Å². The highest BCUT2D eigenvalue weighted by Crippen LogP contribution is 2.36. The molecule has 1 aliphatic heterocycles. The minimum Gasteiger partial charge on any atom is -0.381 e. The van der Waals surface area contributed by atoms with Crippen LogP contribution >= 0.6 is 0 Å². The van der Waals surface area contributed by atoms with Crippen molar-refractivity contribution < 1.29 is 9.53 Å². The Morgan fingerprint density at radius 2 is 1.83 bits per heavy atom. The fourth-order valence-corrected chi connectivity index (χ4v) is 3.36. The average Bonchev–Trinajstić information content (AvgIpc) is 2.59. The number of nitrogens with zero attached hydrogens (tertiary/aromatic N) is 1. The second kappa shape index (κ2) is 8.13. The molecule has 0 radical (unpaired) electrons. The van der Waals surface area contributed by atoms with E-state index in [1.807, 2.05) is 11.9 Å². The maximum atomic E-state index is 13.3. The van der Waals surface area contributed by atoms with E-state index >= 15 is 0 Å². The first kappa shape index (κ1) is 18.9. The van der Waals surface area contributed by atoms with Crippen LogP contribution in [0, 0.1) is 12.8 Å². The first-order chi connectivity index (χ1) is 11.4. The summed E-state index contributed by atoms with van der Waals surface area (Å²) >= 11 is 0. The summed E-state index contributed by atoms with van der Waals surface area (Å²) in [6, 6.07) is 8.52. The summed E-state index contributed by atoms with van der Waals surface area (Å²) in [5.41, 5.74) is 8.02. The average molecular weight is 332 g/mol. The molecule has 1 fully saturated rings. The lowest BCUT2D eigenvalue weighted by Crippen LogP contribution is -2.49. The van der Waals surface area contributed by atoms with Gasteiger partial charge >= 0.3 is 0 Å². The molecule has 0 spiro atoms. The van der Waals surface area contributed by atoms with Crippen LogP contribution in [0.15, 0.2) is 24.3 Å². The Balaban J connectivity index is 2.17. The number of rotatable bonds is 6. The second-order valence-corrected chi connectivity index (χ2v) is 7.48. The number of carbonyl (C=O) groups excluding carboxylic acids is 1. The Hall–Kier alpha value is -1.39. The Bertz CT molecular complexity index is 533. The topological polar surface area (TPSA) is 55.6 Å². The predicted molar refractivity (Wildman–Crippen MR) is 98.0 cm³/mol. The van der Waals surface area contributed by atoms with Crippen molar-refractivity contribution in [1.29, 1.82) is 0 Å². The fourth-order valence-electron chi connectivity index (χ4n) is 3.36. The standard InChI is InChI=1S/C20H32N2O2/c1-15(2)18(21)9-12-22(4)19(23)20(10-13-24-14-11-20)17-7-5-16(3)6-8-17/h5-8,15,18H,9-14,21H2,1-4H3. The van der Waals surface area contributed by atoms with Gasteiger partial charge in [-0.05, 0) is 37.7 Å². The van der Waals surface area contributed by atoms with Gasteiger partial charge in [-0.15, -0.1) is 0 Å². The highest BCUT2D eigenvalue weighted by atomic mass is 16.5. The molecular formula is C20H32N2O2. The molecule has 2 N–H and O–H groups in total. The van der Waals surface area contributed by atoms with E-state index in [0.717, 1.165) is 24.8 Å². The van der Waals surface area contributed by atoms with Gasteiger partial charge in [-0.3, -0.25) is 4.79 Å². The molecule has 4 heteroatoms. The van der Waals surface area contributed by atoms with Crippen molar-refractivity contribution >= 4 is 5.91 Å². The van der Waals surface area contributed by atoms with Gasteiger partial charge in [0.25, 0.3) is 0 Å². The van der Waals surface area contributed by atoms with Crippen LogP contribution in [0.1, 0.15) is 44.2 Å². The maximum absolute atomic E-state index is 13.3. The van der Waals surface area contributed by atoms with Gasteiger partial charge in [0.15, 0.2) is 0 Å². The number of hydrogen-bond acceptors (Lipinski definition) is 3. The molecule has 1 amide bonds. The molecule has 1 heterocycles. The molecule has 2 rings (SSSR count). The number of nitrogens with two attached hydrogens (primary N) is 1. The van der Waals surface area contributed by atoms with Crippen LogP contribution in [0.3, 0.4) is 0 Å². The maximum Gasteiger partial charge on any atom is 0.233 e.